The van der Waals surface area contributed by atoms with Crippen LogP contribution in [0, 0.1) is 20.8 Å². The molecule has 26 heavy (non-hydrogen) atoms. The Morgan fingerprint density at radius 1 is 1.00 bits per heavy atom. The standard InChI is InChI=1S/C19H19F3N4/c1-11-7-18(16-5-4-14(19(20,21)22)8-17(16)23-11)25-9-15(10-25)26-13(3)6-12(2)24-26/h4-8,15H,9-10H2,1-3H3. The van der Waals surface area contributed by atoms with Crippen LogP contribution in [0.25, 0.3) is 10.9 Å². The van der Waals surface area contributed by atoms with Crippen LogP contribution in [0.3, 0.4) is 0 Å². The Kier molecular flexibility index (Phi) is 3.71. The minimum Gasteiger partial charge on any atom is -0.366 e. The molecule has 136 valence electrons. The lowest BCUT2D eigenvalue weighted by atomic mass is 10.0. The van der Waals surface area contributed by atoms with Crippen molar-refractivity contribution in [3.63, 3.8) is 0 Å². The number of benzene rings is 1. The van der Waals surface area contributed by atoms with Crippen molar-refractivity contribution in [2.75, 3.05) is 18.0 Å². The molecule has 1 aliphatic heterocycles. The molecule has 4 nitrogen and oxygen atoms in total. The normalized spacial score (nSPS) is 15.5. The molecule has 7 heteroatoms. The maximum atomic E-state index is 13.0. The average molecular weight is 360 g/mol. The predicted octanol–water partition coefficient (Wildman–Crippen LogP) is 4.44. The highest BCUT2D eigenvalue weighted by Crippen LogP contribution is 2.37. The highest BCUT2D eigenvalue weighted by molar-refractivity contribution is 5.92. The molecule has 0 aliphatic carbocycles. The summed E-state index contributed by atoms with van der Waals surface area (Å²) < 4.78 is 41.0. The zero-order valence-electron chi connectivity index (χ0n) is 14.8. The van der Waals surface area contributed by atoms with Crippen LogP contribution in [0.2, 0.25) is 0 Å². The van der Waals surface area contributed by atoms with Crippen LogP contribution in [0.5, 0.6) is 0 Å². The van der Waals surface area contributed by atoms with Crippen LogP contribution in [0.4, 0.5) is 18.9 Å². The third kappa shape index (κ3) is 2.81. The highest BCUT2D eigenvalue weighted by atomic mass is 19.4. The number of nitrogens with zero attached hydrogens (tertiary/aromatic N) is 4. The molecule has 3 heterocycles. The number of aromatic nitrogens is 3. The van der Waals surface area contributed by atoms with E-state index in [1.165, 1.54) is 6.07 Å². The number of halogens is 3. The Bertz CT molecular complexity index is 984. The molecule has 1 fully saturated rings. The van der Waals surface area contributed by atoms with E-state index in [0.717, 1.165) is 47.7 Å². The summed E-state index contributed by atoms with van der Waals surface area (Å²) in [6.45, 7) is 7.37. The molecule has 0 amide bonds. The molecule has 0 unspecified atom stereocenters. The number of pyridine rings is 1. The van der Waals surface area contributed by atoms with Crippen molar-refractivity contribution in [2.24, 2.45) is 0 Å². The van der Waals surface area contributed by atoms with Gasteiger partial charge in [0.25, 0.3) is 0 Å². The third-order valence-electron chi connectivity index (χ3n) is 4.84. The second-order valence-corrected chi connectivity index (χ2v) is 6.94. The molecular formula is C19H19F3N4. The monoisotopic (exact) mass is 360 g/mol. The number of hydrogen-bond acceptors (Lipinski definition) is 3. The maximum Gasteiger partial charge on any atom is 0.416 e. The molecule has 4 rings (SSSR count). The highest BCUT2D eigenvalue weighted by Gasteiger charge is 2.33. The first-order valence-electron chi connectivity index (χ1n) is 8.48. The van der Waals surface area contributed by atoms with Gasteiger partial charge in [-0.05, 0) is 45.0 Å². The molecule has 0 radical (unpaired) electrons. The number of hydrogen-bond donors (Lipinski definition) is 0. The van der Waals surface area contributed by atoms with E-state index in [9.17, 15) is 13.2 Å². The zero-order chi connectivity index (χ0) is 18.6. The Morgan fingerprint density at radius 3 is 2.35 bits per heavy atom. The summed E-state index contributed by atoms with van der Waals surface area (Å²) in [5.41, 5.74) is 3.46. The predicted molar refractivity (Wildman–Crippen MR) is 94.4 cm³/mol. The number of rotatable bonds is 2. The van der Waals surface area contributed by atoms with E-state index in [1.54, 1.807) is 0 Å². The number of fused-ring (bicyclic) bond motifs is 1. The minimum atomic E-state index is -4.36. The lowest BCUT2D eigenvalue weighted by Gasteiger charge is -2.42. The average Bonchev–Trinajstić information content (AvgIpc) is 2.82. The van der Waals surface area contributed by atoms with Gasteiger partial charge in [0.05, 0.1) is 22.8 Å². The largest absolute Gasteiger partial charge is 0.416 e. The van der Waals surface area contributed by atoms with Crippen LogP contribution >= 0.6 is 0 Å². The van der Waals surface area contributed by atoms with Gasteiger partial charge in [0.15, 0.2) is 0 Å². The Labute approximate surface area is 149 Å². The van der Waals surface area contributed by atoms with Crippen LogP contribution < -0.4 is 4.90 Å². The quantitative estimate of drug-likeness (QED) is 0.678. The van der Waals surface area contributed by atoms with Gasteiger partial charge in [-0.3, -0.25) is 9.67 Å². The van der Waals surface area contributed by atoms with E-state index in [-0.39, 0.29) is 6.04 Å². The van der Waals surface area contributed by atoms with Crippen molar-refractivity contribution in [3.05, 3.63) is 53.0 Å². The second kappa shape index (κ2) is 5.72. The van der Waals surface area contributed by atoms with Gasteiger partial charge in [0.2, 0.25) is 0 Å². The molecule has 0 saturated carbocycles. The molecular weight excluding hydrogens is 341 g/mol. The summed E-state index contributed by atoms with van der Waals surface area (Å²) in [5.74, 6) is 0. The first-order chi connectivity index (χ1) is 12.2. The summed E-state index contributed by atoms with van der Waals surface area (Å²) in [6.07, 6.45) is -4.36. The van der Waals surface area contributed by atoms with E-state index in [2.05, 4.69) is 15.0 Å². The van der Waals surface area contributed by atoms with Crippen molar-refractivity contribution in [1.82, 2.24) is 14.8 Å². The second-order valence-electron chi connectivity index (χ2n) is 6.94. The molecule has 1 saturated heterocycles. The van der Waals surface area contributed by atoms with Crippen LogP contribution in [0.15, 0.2) is 30.3 Å². The van der Waals surface area contributed by atoms with Crippen molar-refractivity contribution in [3.8, 4) is 0 Å². The van der Waals surface area contributed by atoms with E-state index >= 15 is 0 Å². The summed E-state index contributed by atoms with van der Waals surface area (Å²) in [6, 6.07) is 8.05. The van der Waals surface area contributed by atoms with Gasteiger partial charge < -0.3 is 4.90 Å². The minimum absolute atomic E-state index is 0.279. The third-order valence-corrected chi connectivity index (χ3v) is 4.84. The summed E-state index contributed by atoms with van der Waals surface area (Å²) >= 11 is 0. The molecule has 0 atom stereocenters. The van der Waals surface area contributed by atoms with Crippen molar-refractivity contribution < 1.29 is 13.2 Å². The van der Waals surface area contributed by atoms with Crippen LogP contribution in [-0.4, -0.2) is 27.9 Å². The molecule has 1 aromatic carbocycles. The van der Waals surface area contributed by atoms with Gasteiger partial charge in [0.1, 0.15) is 0 Å². The molecule has 1 aliphatic rings. The van der Waals surface area contributed by atoms with E-state index in [1.807, 2.05) is 37.6 Å². The van der Waals surface area contributed by atoms with Gasteiger partial charge >= 0.3 is 6.18 Å². The van der Waals surface area contributed by atoms with Crippen molar-refractivity contribution in [1.29, 1.82) is 0 Å². The Hall–Kier alpha value is -2.57. The fourth-order valence-electron chi connectivity index (χ4n) is 3.60. The number of aryl methyl sites for hydroxylation is 3. The summed E-state index contributed by atoms with van der Waals surface area (Å²) in [4.78, 5) is 6.47. The molecule has 0 bridgehead atoms. The van der Waals surface area contributed by atoms with Gasteiger partial charge in [-0.25, -0.2) is 0 Å². The Morgan fingerprint density at radius 2 is 1.73 bits per heavy atom. The summed E-state index contributed by atoms with van der Waals surface area (Å²) in [7, 11) is 0. The Balaban J connectivity index is 1.66. The molecule has 0 spiro atoms. The molecule has 2 aromatic heterocycles. The van der Waals surface area contributed by atoms with E-state index < -0.39 is 11.7 Å². The van der Waals surface area contributed by atoms with Crippen molar-refractivity contribution in [2.45, 2.75) is 33.0 Å². The zero-order valence-corrected chi connectivity index (χ0v) is 14.8. The topological polar surface area (TPSA) is 34.0 Å². The van der Waals surface area contributed by atoms with Crippen LogP contribution in [0.1, 0.15) is 28.7 Å². The first-order valence-corrected chi connectivity index (χ1v) is 8.48. The fourth-order valence-corrected chi connectivity index (χ4v) is 3.60. The summed E-state index contributed by atoms with van der Waals surface area (Å²) in [5, 5.41) is 5.28. The lowest BCUT2D eigenvalue weighted by Crippen LogP contribution is -2.48. The number of alkyl halides is 3. The van der Waals surface area contributed by atoms with Crippen molar-refractivity contribution >= 4 is 16.6 Å². The lowest BCUT2D eigenvalue weighted by molar-refractivity contribution is -0.137. The SMILES string of the molecule is Cc1cc(N2CC(n3nc(C)cc3C)C2)c2ccc(C(F)(F)F)cc2n1. The fraction of sp³-hybridized carbons (Fsp3) is 0.368. The van der Waals surface area contributed by atoms with Gasteiger partial charge in [-0.15, -0.1) is 0 Å². The van der Waals surface area contributed by atoms with Gasteiger partial charge in [-0.1, -0.05) is 6.07 Å². The molecule has 0 N–H and O–H groups in total. The smallest absolute Gasteiger partial charge is 0.366 e. The first kappa shape index (κ1) is 16.9. The van der Waals surface area contributed by atoms with Crippen LogP contribution in [-0.2, 0) is 6.18 Å². The van der Waals surface area contributed by atoms with E-state index in [4.69, 9.17) is 0 Å². The molecule has 3 aromatic rings. The van der Waals surface area contributed by atoms with Gasteiger partial charge in [-0.2, -0.15) is 18.3 Å². The maximum absolute atomic E-state index is 13.0. The van der Waals surface area contributed by atoms with Gasteiger partial charge in [0, 0.05) is 35.6 Å². The number of anilines is 1. The van der Waals surface area contributed by atoms with E-state index in [0.29, 0.717) is 11.2 Å².